The van der Waals surface area contributed by atoms with Crippen molar-refractivity contribution in [2.75, 3.05) is 5.73 Å². The average molecular weight is 261 g/mol. The van der Waals surface area contributed by atoms with Crippen molar-refractivity contribution in [3.8, 4) is 11.5 Å². The summed E-state index contributed by atoms with van der Waals surface area (Å²) in [5, 5.41) is 13.2. The molecule has 19 heavy (non-hydrogen) atoms. The Labute approximate surface area is 110 Å². The molecule has 0 unspecified atom stereocenters. The monoisotopic (exact) mass is 261 g/mol. The van der Waals surface area contributed by atoms with Crippen LogP contribution in [-0.2, 0) is 6.54 Å². The van der Waals surface area contributed by atoms with E-state index in [4.69, 9.17) is 15.6 Å². The third-order valence-corrected chi connectivity index (χ3v) is 2.52. The van der Waals surface area contributed by atoms with Crippen molar-refractivity contribution < 1.29 is 14.6 Å². The van der Waals surface area contributed by atoms with E-state index in [0.29, 0.717) is 11.4 Å². The number of aryl methyl sites for hydroxylation is 1. The molecule has 0 amide bonds. The van der Waals surface area contributed by atoms with Gasteiger partial charge in [-0.1, -0.05) is 6.92 Å². The van der Waals surface area contributed by atoms with Crippen LogP contribution in [0.1, 0.15) is 23.7 Å². The SMILES string of the molecule is CCCn1cc(Oc2ccc(N)cc2C(=O)O)cn1. The molecule has 1 aromatic carbocycles. The van der Waals surface area contributed by atoms with Crippen LogP contribution >= 0.6 is 0 Å². The second-order valence-corrected chi connectivity index (χ2v) is 4.10. The molecule has 0 atom stereocenters. The van der Waals surface area contributed by atoms with Gasteiger partial charge in [-0.15, -0.1) is 0 Å². The van der Waals surface area contributed by atoms with Crippen LogP contribution in [0, 0.1) is 0 Å². The van der Waals surface area contributed by atoms with Gasteiger partial charge < -0.3 is 15.6 Å². The predicted octanol–water partition coefficient (Wildman–Crippen LogP) is 2.37. The van der Waals surface area contributed by atoms with E-state index in [1.54, 1.807) is 23.1 Å². The maximum absolute atomic E-state index is 11.1. The first-order valence-electron chi connectivity index (χ1n) is 5.93. The molecule has 0 bridgehead atoms. The summed E-state index contributed by atoms with van der Waals surface area (Å²) in [7, 11) is 0. The van der Waals surface area contributed by atoms with Crippen LogP contribution in [0.25, 0.3) is 0 Å². The van der Waals surface area contributed by atoms with Gasteiger partial charge in [0, 0.05) is 12.2 Å². The second-order valence-electron chi connectivity index (χ2n) is 4.10. The molecule has 0 spiro atoms. The molecule has 0 aliphatic heterocycles. The van der Waals surface area contributed by atoms with Crippen molar-refractivity contribution in [3.05, 3.63) is 36.2 Å². The van der Waals surface area contributed by atoms with Gasteiger partial charge in [0.25, 0.3) is 0 Å². The Morgan fingerprint density at radius 1 is 1.53 bits per heavy atom. The van der Waals surface area contributed by atoms with Gasteiger partial charge in [0.2, 0.25) is 0 Å². The molecule has 1 heterocycles. The van der Waals surface area contributed by atoms with Crippen LogP contribution in [0.3, 0.4) is 0 Å². The topological polar surface area (TPSA) is 90.4 Å². The van der Waals surface area contributed by atoms with Gasteiger partial charge in [-0.05, 0) is 24.6 Å². The minimum atomic E-state index is -1.08. The summed E-state index contributed by atoms with van der Waals surface area (Å²) in [6.07, 6.45) is 4.24. The zero-order valence-corrected chi connectivity index (χ0v) is 10.5. The highest BCUT2D eigenvalue weighted by molar-refractivity contribution is 5.92. The highest BCUT2D eigenvalue weighted by Crippen LogP contribution is 2.26. The Morgan fingerprint density at radius 2 is 2.32 bits per heavy atom. The minimum absolute atomic E-state index is 0.0308. The Balaban J connectivity index is 2.24. The molecule has 0 fully saturated rings. The highest BCUT2D eigenvalue weighted by atomic mass is 16.5. The molecule has 0 saturated carbocycles. The molecule has 2 aromatic rings. The summed E-state index contributed by atoms with van der Waals surface area (Å²) in [5.41, 5.74) is 5.98. The number of hydrogen-bond acceptors (Lipinski definition) is 4. The number of aromatic carboxylic acids is 1. The van der Waals surface area contributed by atoms with Crippen LogP contribution in [0.4, 0.5) is 5.69 Å². The highest BCUT2D eigenvalue weighted by Gasteiger charge is 2.13. The number of rotatable bonds is 5. The van der Waals surface area contributed by atoms with Crippen LogP contribution < -0.4 is 10.5 Å². The fourth-order valence-electron chi connectivity index (χ4n) is 1.68. The van der Waals surface area contributed by atoms with Crippen molar-refractivity contribution in [1.82, 2.24) is 9.78 Å². The van der Waals surface area contributed by atoms with Crippen molar-refractivity contribution in [2.24, 2.45) is 0 Å². The minimum Gasteiger partial charge on any atom is -0.478 e. The summed E-state index contributed by atoms with van der Waals surface area (Å²) in [6.45, 7) is 2.83. The van der Waals surface area contributed by atoms with Gasteiger partial charge in [0.05, 0.1) is 12.4 Å². The third kappa shape index (κ3) is 3.04. The van der Waals surface area contributed by atoms with Gasteiger partial charge in [0.15, 0.2) is 5.75 Å². The second kappa shape index (κ2) is 5.43. The molecule has 1 aromatic heterocycles. The van der Waals surface area contributed by atoms with Crippen molar-refractivity contribution in [3.63, 3.8) is 0 Å². The molecule has 0 aliphatic carbocycles. The lowest BCUT2D eigenvalue weighted by molar-refractivity contribution is 0.0694. The summed E-state index contributed by atoms with van der Waals surface area (Å²) in [4.78, 5) is 11.1. The number of carboxylic acids is 1. The number of nitrogen functional groups attached to an aromatic ring is 1. The number of aromatic nitrogens is 2. The van der Waals surface area contributed by atoms with Crippen molar-refractivity contribution >= 4 is 11.7 Å². The Hall–Kier alpha value is -2.50. The van der Waals surface area contributed by atoms with E-state index in [1.165, 1.54) is 12.1 Å². The van der Waals surface area contributed by atoms with Crippen LogP contribution in [-0.4, -0.2) is 20.9 Å². The molecular weight excluding hydrogens is 246 g/mol. The summed E-state index contributed by atoms with van der Waals surface area (Å²) < 4.78 is 7.28. The number of hydrogen-bond donors (Lipinski definition) is 2. The summed E-state index contributed by atoms with van der Waals surface area (Å²) in [5.74, 6) is -0.332. The number of nitrogens with zero attached hydrogens (tertiary/aromatic N) is 2. The molecule has 3 N–H and O–H groups in total. The number of nitrogens with two attached hydrogens (primary N) is 1. The summed E-state index contributed by atoms with van der Waals surface area (Å²) >= 11 is 0. The lowest BCUT2D eigenvalue weighted by atomic mass is 10.2. The molecule has 100 valence electrons. The lowest BCUT2D eigenvalue weighted by Gasteiger charge is -2.07. The van der Waals surface area contributed by atoms with E-state index < -0.39 is 5.97 Å². The summed E-state index contributed by atoms with van der Waals surface area (Å²) in [6, 6.07) is 4.50. The fourth-order valence-corrected chi connectivity index (χ4v) is 1.68. The van der Waals surface area contributed by atoms with Crippen LogP contribution in [0.5, 0.6) is 11.5 Å². The maximum Gasteiger partial charge on any atom is 0.339 e. The van der Waals surface area contributed by atoms with Crippen LogP contribution in [0.2, 0.25) is 0 Å². The average Bonchev–Trinajstić information content (AvgIpc) is 2.79. The largest absolute Gasteiger partial charge is 0.478 e. The maximum atomic E-state index is 11.1. The lowest BCUT2D eigenvalue weighted by Crippen LogP contribution is -2.01. The molecule has 2 rings (SSSR count). The Kier molecular flexibility index (Phi) is 3.70. The molecule has 6 heteroatoms. The molecule has 0 saturated heterocycles. The molecular formula is C13H15N3O3. The predicted molar refractivity (Wildman–Crippen MR) is 70.4 cm³/mol. The van der Waals surface area contributed by atoms with E-state index >= 15 is 0 Å². The first-order chi connectivity index (χ1) is 9.10. The Bertz CT molecular complexity index is 593. The standard InChI is InChI=1S/C13H15N3O3/c1-2-5-16-8-10(7-15-16)19-12-4-3-9(14)6-11(12)13(17)18/h3-4,6-8H,2,5,14H2,1H3,(H,17,18). The van der Waals surface area contributed by atoms with Gasteiger partial charge in [-0.25, -0.2) is 4.79 Å². The number of ether oxygens (including phenoxy) is 1. The van der Waals surface area contributed by atoms with E-state index in [1.807, 2.05) is 6.92 Å². The van der Waals surface area contributed by atoms with Crippen molar-refractivity contribution in [2.45, 2.75) is 19.9 Å². The normalized spacial score (nSPS) is 10.4. The van der Waals surface area contributed by atoms with Gasteiger partial charge in [-0.3, -0.25) is 4.68 Å². The number of carbonyl (C=O) groups is 1. The van der Waals surface area contributed by atoms with Crippen molar-refractivity contribution in [1.29, 1.82) is 0 Å². The number of anilines is 1. The molecule has 0 aliphatic rings. The van der Waals surface area contributed by atoms with Crippen LogP contribution in [0.15, 0.2) is 30.6 Å². The third-order valence-electron chi connectivity index (χ3n) is 2.52. The van der Waals surface area contributed by atoms with Gasteiger partial charge >= 0.3 is 5.97 Å². The quantitative estimate of drug-likeness (QED) is 0.806. The van der Waals surface area contributed by atoms with Gasteiger partial charge in [-0.2, -0.15) is 5.10 Å². The molecule has 6 nitrogen and oxygen atoms in total. The van der Waals surface area contributed by atoms with Gasteiger partial charge in [0.1, 0.15) is 11.3 Å². The zero-order valence-electron chi connectivity index (χ0n) is 10.5. The zero-order chi connectivity index (χ0) is 13.8. The number of benzene rings is 1. The first-order valence-corrected chi connectivity index (χ1v) is 5.93. The van der Waals surface area contributed by atoms with E-state index in [-0.39, 0.29) is 11.3 Å². The van der Waals surface area contributed by atoms with E-state index in [9.17, 15) is 4.79 Å². The molecule has 0 radical (unpaired) electrons. The van der Waals surface area contributed by atoms with E-state index in [0.717, 1.165) is 13.0 Å². The van der Waals surface area contributed by atoms with E-state index in [2.05, 4.69) is 5.10 Å². The number of carboxylic acid groups (broad SMARTS) is 1. The first kappa shape index (κ1) is 12.9. The Morgan fingerprint density at radius 3 is 3.00 bits per heavy atom. The smallest absolute Gasteiger partial charge is 0.339 e. The fraction of sp³-hybridized carbons (Fsp3) is 0.231.